The molecule has 0 unspecified atom stereocenters. The van der Waals surface area contributed by atoms with Crippen LogP contribution in [0.15, 0.2) is 37.0 Å². The van der Waals surface area contributed by atoms with Gasteiger partial charge in [0.05, 0.1) is 24.9 Å². The highest BCUT2D eigenvalue weighted by molar-refractivity contribution is 5.89. The SMILES string of the molecule is C=CCN(CC=C)[C@@H]1CC(C(=O)OCC)=C[C@@H](OC(CC)CC)[C@@H]1NC(C)=O. The van der Waals surface area contributed by atoms with Gasteiger partial charge in [-0.05, 0) is 32.3 Å². The second-order valence-corrected chi connectivity index (χ2v) is 6.98. The largest absolute Gasteiger partial charge is 0.463 e. The van der Waals surface area contributed by atoms with Gasteiger partial charge in [-0.25, -0.2) is 4.79 Å². The van der Waals surface area contributed by atoms with Gasteiger partial charge in [0.2, 0.25) is 5.91 Å². The Morgan fingerprint density at radius 2 is 1.86 bits per heavy atom. The minimum atomic E-state index is -0.413. The maximum absolute atomic E-state index is 12.5. The molecule has 1 N–H and O–H groups in total. The second kappa shape index (κ2) is 12.5. The summed E-state index contributed by atoms with van der Waals surface area (Å²) in [5.74, 6) is -0.456. The van der Waals surface area contributed by atoms with Gasteiger partial charge in [0.1, 0.15) is 0 Å². The topological polar surface area (TPSA) is 67.9 Å². The molecule has 0 saturated heterocycles. The van der Waals surface area contributed by atoms with E-state index in [9.17, 15) is 9.59 Å². The fraction of sp³-hybridized carbons (Fsp3) is 0.636. The van der Waals surface area contributed by atoms with Crippen molar-refractivity contribution < 1.29 is 19.1 Å². The van der Waals surface area contributed by atoms with Crippen molar-refractivity contribution in [1.82, 2.24) is 10.2 Å². The third kappa shape index (κ3) is 6.91. The number of hydrogen-bond acceptors (Lipinski definition) is 5. The molecule has 0 aromatic heterocycles. The van der Waals surface area contributed by atoms with Crippen molar-refractivity contribution >= 4 is 11.9 Å². The summed E-state index contributed by atoms with van der Waals surface area (Å²) < 4.78 is 11.6. The molecule has 0 bridgehead atoms. The molecule has 1 amide bonds. The number of amides is 1. The van der Waals surface area contributed by atoms with E-state index >= 15 is 0 Å². The summed E-state index contributed by atoms with van der Waals surface area (Å²) in [6.45, 7) is 16.7. The molecule has 1 aliphatic rings. The molecule has 28 heavy (non-hydrogen) atoms. The Labute approximate surface area is 169 Å². The van der Waals surface area contributed by atoms with E-state index in [1.807, 2.05) is 18.2 Å². The van der Waals surface area contributed by atoms with E-state index < -0.39 is 6.10 Å². The molecule has 0 spiro atoms. The van der Waals surface area contributed by atoms with Crippen LogP contribution < -0.4 is 5.32 Å². The molecule has 0 aliphatic heterocycles. The van der Waals surface area contributed by atoms with Gasteiger partial charge in [-0.3, -0.25) is 9.69 Å². The number of nitrogens with one attached hydrogen (secondary N) is 1. The maximum Gasteiger partial charge on any atom is 0.333 e. The average Bonchev–Trinajstić information content (AvgIpc) is 2.66. The van der Waals surface area contributed by atoms with Gasteiger partial charge in [-0.1, -0.05) is 26.0 Å². The number of ether oxygens (including phenoxy) is 2. The molecule has 0 aromatic carbocycles. The third-order valence-electron chi connectivity index (χ3n) is 4.93. The highest BCUT2D eigenvalue weighted by Crippen LogP contribution is 2.28. The minimum Gasteiger partial charge on any atom is -0.463 e. The van der Waals surface area contributed by atoms with E-state index in [0.717, 1.165) is 12.8 Å². The van der Waals surface area contributed by atoms with Crippen molar-refractivity contribution in [2.75, 3.05) is 19.7 Å². The molecule has 1 rings (SSSR count). The molecule has 1 aliphatic carbocycles. The molecular formula is C22H36N2O4. The van der Waals surface area contributed by atoms with Gasteiger partial charge in [0.25, 0.3) is 0 Å². The molecule has 3 atom stereocenters. The monoisotopic (exact) mass is 392 g/mol. The number of hydrogen-bond donors (Lipinski definition) is 1. The molecule has 158 valence electrons. The lowest BCUT2D eigenvalue weighted by atomic mass is 9.86. The fourth-order valence-electron chi connectivity index (χ4n) is 3.59. The molecule has 6 nitrogen and oxygen atoms in total. The Bertz CT molecular complexity index is 559. The lowest BCUT2D eigenvalue weighted by Gasteiger charge is -2.43. The van der Waals surface area contributed by atoms with Crippen LogP contribution in [0.1, 0.15) is 47.0 Å². The van der Waals surface area contributed by atoms with Crippen LogP contribution in [0.25, 0.3) is 0 Å². The van der Waals surface area contributed by atoms with E-state index in [2.05, 4.69) is 37.2 Å². The summed E-state index contributed by atoms with van der Waals surface area (Å²) in [6, 6.07) is -0.417. The van der Waals surface area contributed by atoms with Crippen molar-refractivity contribution in [2.24, 2.45) is 0 Å². The van der Waals surface area contributed by atoms with E-state index in [1.54, 1.807) is 6.92 Å². The van der Waals surface area contributed by atoms with Crippen molar-refractivity contribution in [3.05, 3.63) is 37.0 Å². The number of rotatable bonds is 12. The number of esters is 1. The van der Waals surface area contributed by atoms with Crippen molar-refractivity contribution in [1.29, 1.82) is 0 Å². The van der Waals surface area contributed by atoms with Gasteiger partial charge in [0, 0.05) is 31.6 Å². The Morgan fingerprint density at radius 3 is 2.32 bits per heavy atom. The maximum atomic E-state index is 12.5. The van der Waals surface area contributed by atoms with E-state index in [0.29, 0.717) is 31.7 Å². The van der Waals surface area contributed by atoms with Crippen LogP contribution in [0.5, 0.6) is 0 Å². The smallest absolute Gasteiger partial charge is 0.333 e. The summed E-state index contributed by atoms with van der Waals surface area (Å²) in [4.78, 5) is 26.6. The Kier molecular flexibility index (Phi) is 10.8. The van der Waals surface area contributed by atoms with Gasteiger partial charge < -0.3 is 14.8 Å². The van der Waals surface area contributed by atoms with Crippen LogP contribution in [-0.4, -0.2) is 60.8 Å². The van der Waals surface area contributed by atoms with Crippen molar-refractivity contribution in [3.8, 4) is 0 Å². The zero-order valence-corrected chi connectivity index (χ0v) is 17.8. The first-order valence-electron chi connectivity index (χ1n) is 10.2. The number of carbonyl (C=O) groups is 2. The first-order valence-corrected chi connectivity index (χ1v) is 10.2. The summed E-state index contributed by atoms with van der Waals surface area (Å²) in [5, 5.41) is 3.05. The van der Waals surface area contributed by atoms with E-state index in [1.165, 1.54) is 6.92 Å². The predicted octanol–water partition coefficient (Wildman–Crippen LogP) is 3.00. The average molecular weight is 393 g/mol. The van der Waals surface area contributed by atoms with Crippen LogP contribution in [0.4, 0.5) is 0 Å². The summed E-state index contributed by atoms with van der Waals surface area (Å²) in [7, 11) is 0. The van der Waals surface area contributed by atoms with E-state index in [4.69, 9.17) is 9.47 Å². The van der Waals surface area contributed by atoms with Crippen LogP contribution in [0.3, 0.4) is 0 Å². The lowest BCUT2D eigenvalue weighted by Crippen LogP contribution is -2.59. The van der Waals surface area contributed by atoms with Gasteiger partial charge in [0.15, 0.2) is 0 Å². The summed E-state index contributed by atoms with van der Waals surface area (Å²) >= 11 is 0. The zero-order chi connectivity index (χ0) is 21.1. The normalized spacial score (nSPS) is 21.9. The minimum absolute atomic E-state index is 0.0481. The van der Waals surface area contributed by atoms with Crippen LogP contribution in [0, 0.1) is 0 Å². The molecule has 0 radical (unpaired) electrons. The quantitative estimate of drug-likeness (QED) is 0.408. The number of carbonyl (C=O) groups excluding carboxylic acids is 2. The first-order chi connectivity index (χ1) is 13.4. The number of nitrogens with zero attached hydrogens (tertiary/aromatic N) is 1. The highest BCUT2D eigenvalue weighted by Gasteiger charge is 2.40. The summed E-state index contributed by atoms with van der Waals surface area (Å²) in [5.41, 5.74) is 0.586. The molecular weight excluding hydrogens is 356 g/mol. The Balaban J connectivity index is 3.34. The molecule has 0 heterocycles. The molecule has 6 heteroatoms. The molecule has 0 fully saturated rings. The standard InChI is InChI=1S/C22H36N2O4/c1-7-12-24(13-8-2)19-14-17(22(26)27-11-5)15-20(21(19)23-16(6)25)28-18(9-3)10-4/h7-8,15,18-21H,1-2,9-14H2,3-6H3,(H,23,25)/t19-,20-,21-/m1/s1. The molecule has 0 saturated carbocycles. The Morgan fingerprint density at radius 1 is 1.25 bits per heavy atom. The zero-order valence-electron chi connectivity index (χ0n) is 17.8. The van der Waals surface area contributed by atoms with Gasteiger partial charge >= 0.3 is 5.97 Å². The Hall–Kier alpha value is -1.92. The lowest BCUT2D eigenvalue weighted by molar-refractivity contribution is -0.139. The van der Waals surface area contributed by atoms with Crippen molar-refractivity contribution in [3.63, 3.8) is 0 Å². The van der Waals surface area contributed by atoms with Gasteiger partial charge in [-0.15, -0.1) is 13.2 Å². The van der Waals surface area contributed by atoms with Crippen LogP contribution >= 0.6 is 0 Å². The summed E-state index contributed by atoms with van der Waals surface area (Å²) in [6.07, 6.45) is 7.27. The highest BCUT2D eigenvalue weighted by atomic mass is 16.5. The van der Waals surface area contributed by atoms with Crippen molar-refractivity contribution in [2.45, 2.75) is 71.2 Å². The van der Waals surface area contributed by atoms with Crippen LogP contribution in [-0.2, 0) is 19.1 Å². The van der Waals surface area contributed by atoms with Crippen LogP contribution in [0.2, 0.25) is 0 Å². The molecule has 0 aromatic rings. The van der Waals surface area contributed by atoms with E-state index in [-0.39, 0.29) is 30.1 Å². The predicted molar refractivity (Wildman–Crippen MR) is 112 cm³/mol. The van der Waals surface area contributed by atoms with Gasteiger partial charge in [-0.2, -0.15) is 0 Å². The fourth-order valence-corrected chi connectivity index (χ4v) is 3.59. The first kappa shape index (κ1) is 24.1. The second-order valence-electron chi connectivity index (χ2n) is 6.98. The third-order valence-corrected chi connectivity index (χ3v) is 4.93.